The minimum Gasteiger partial charge on any atom is -0.384 e. The number of methoxy groups -OCH3 is 1. The first-order valence-electron chi connectivity index (χ1n) is 7.14. The molecule has 0 spiro atoms. The van der Waals surface area contributed by atoms with Gasteiger partial charge >= 0.3 is 0 Å². The highest BCUT2D eigenvalue weighted by atomic mass is 19.1. The second-order valence-electron chi connectivity index (χ2n) is 5.66. The standard InChI is InChI=1S/C16H20FN3O/c1-19-8-13-9-20(7-12-3-5-15(17)6-4-12)10-14(11-21-2)16(13)18-19/h3-6,8,14H,7,9-11H2,1-2H3/t14-/m0/s1. The van der Waals surface area contributed by atoms with E-state index in [1.165, 1.54) is 17.7 Å². The summed E-state index contributed by atoms with van der Waals surface area (Å²) in [5, 5.41) is 4.56. The fourth-order valence-electron chi connectivity index (χ4n) is 3.03. The van der Waals surface area contributed by atoms with Crippen molar-refractivity contribution in [1.29, 1.82) is 0 Å². The minimum atomic E-state index is -0.191. The van der Waals surface area contributed by atoms with Crippen LogP contribution in [0.5, 0.6) is 0 Å². The van der Waals surface area contributed by atoms with Crippen LogP contribution in [0, 0.1) is 5.82 Å². The number of hydrogen-bond donors (Lipinski definition) is 0. The molecule has 4 nitrogen and oxygen atoms in total. The van der Waals surface area contributed by atoms with Crippen molar-refractivity contribution in [2.24, 2.45) is 7.05 Å². The van der Waals surface area contributed by atoms with Gasteiger partial charge in [0.2, 0.25) is 0 Å². The van der Waals surface area contributed by atoms with Gasteiger partial charge in [-0.1, -0.05) is 12.1 Å². The van der Waals surface area contributed by atoms with Gasteiger partial charge in [-0.15, -0.1) is 0 Å². The fourth-order valence-corrected chi connectivity index (χ4v) is 3.03. The first-order chi connectivity index (χ1) is 10.2. The van der Waals surface area contributed by atoms with Crippen LogP contribution in [0.4, 0.5) is 4.39 Å². The van der Waals surface area contributed by atoms with E-state index in [0.717, 1.165) is 30.9 Å². The van der Waals surface area contributed by atoms with Crippen molar-refractivity contribution < 1.29 is 9.13 Å². The highest BCUT2D eigenvalue weighted by Crippen LogP contribution is 2.28. The molecule has 0 radical (unpaired) electrons. The molecule has 2 aromatic rings. The van der Waals surface area contributed by atoms with Crippen LogP contribution in [-0.4, -0.2) is 34.9 Å². The molecule has 0 saturated carbocycles. The predicted octanol–water partition coefficient (Wildman–Crippen LogP) is 2.31. The number of hydrogen-bond acceptors (Lipinski definition) is 3. The molecule has 1 aromatic carbocycles. The van der Waals surface area contributed by atoms with Gasteiger partial charge in [0.1, 0.15) is 5.82 Å². The van der Waals surface area contributed by atoms with Crippen molar-refractivity contribution in [2.45, 2.75) is 19.0 Å². The van der Waals surface area contributed by atoms with Crippen LogP contribution >= 0.6 is 0 Å². The van der Waals surface area contributed by atoms with E-state index in [-0.39, 0.29) is 5.82 Å². The van der Waals surface area contributed by atoms with Crippen molar-refractivity contribution in [2.75, 3.05) is 20.3 Å². The topological polar surface area (TPSA) is 30.3 Å². The Labute approximate surface area is 124 Å². The number of benzene rings is 1. The molecule has 2 heterocycles. The van der Waals surface area contributed by atoms with Crippen LogP contribution in [0.2, 0.25) is 0 Å². The summed E-state index contributed by atoms with van der Waals surface area (Å²) in [5.74, 6) is 0.101. The number of fused-ring (bicyclic) bond motifs is 1. The lowest BCUT2D eigenvalue weighted by Gasteiger charge is -2.31. The van der Waals surface area contributed by atoms with E-state index in [4.69, 9.17) is 4.74 Å². The lowest BCUT2D eigenvalue weighted by molar-refractivity contribution is 0.134. The van der Waals surface area contributed by atoms with Crippen molar-refractivity contribution >= 4 is 0 Å². The molecule has 1 aliphatic heterocycles. The van der Waals surface area contributed by atoms with E-state index in [1.807, 2.05) is 23.9 Å². The minimum absolute atomic E-state index is 0.191. The molecule has 0 saturated heterocycles. The van der Waals surface area contributed by atoms with E-state index in [0.29, 0.717) is 12.5 Å². The zero-order valence-electron chi connectivity index (χ0n) is 12.4. The second-order valence-corrected chi connectivity index (χ2v) is 5.66. The maximum atomic E-state index is 13.0. The monoisotopic (exact) mass is 289 g/mol. The van der Waals surface area contributed by atoms with Crippen LogP contribution < -0.4 is 0 Å². The zero-order valence-corrected chi connectivity index (χ0v) is 12.4. The largest absolute Gasteiger partial charge is 0.384 e. The molecule has 0 N–H and O–H groups in total. The molecule has 21 heavy (non-hydrogen) atoms. The van der Waals surface area contributed by atoms with Gasteiger partial charge in [-0.25, -0.2) is 4.39 Å². The predicted molar refractivity (Wildman–Crippen MR) is 78.3 cm³/mol. The third-order valence-corrected chi connectivity index (χ3v) is 3.88. The number of aromatic nitrogens is 2. The first-order valence-corrected chi connectivity index (χ1v) is 7.14. The molecule has 1 aliphatic rings. The van der Waals surface area contributed by atoms with Crippen LogP contribution in [0.3, 0.4) is 0 Å². The highest BCUT2D eigenvalue weighted by molar-refractivity contribution is 5.25. The fraction of sp³-hybridized carbons (Fsp3) is 0.438. The number of aryl methyl sites for hydroxylation is 1. The Morgan fingerprint density at radius 3 is 2.81 bits per heavy atom. The second kappa shape index (κ2) is 5.95. The molecular weight excluding hydrogens is 269 g/mol. The summed E-state index contributed by atoms with van der Waals surface area (Å²) in [4.78, 5) is 2.36. The van der Waals surface area contributed by atoms with Crippen LogP contribution in [-0.2, 0) is 24.9 Å². The lowest BCUT2D eigenvalue weighted by atomic mass is 9.97. The van der Waals surface area contributed by atoms with E-state index < -0.39 is 0 Å². The number of halogens is 1. The third-order valence-electron chi connectivity index (χ3n) is 3.88. The smallest absolute Gasteiger partial charge is 0.123 e. The average molecular weight is 289 g/mol. The summed E-state index contributed by atoms with van der Waals surface area (Å²) in [5.41, 5.74) is 3.53. The van der Waals surface area contributed by atoms with Gasteiger partial charge in [-0.05, 0) is 17.7 Å². The van der Waals surface area contributed by atoms with Crippen LogP contribution in [0.25, 0.3) is 0 Å². The van der Waals surface area contributed by atoms with Crippen LogP contribution in [0.15, 0.2) is 30.5 Å². The SMILES string of the molecule is COC[C@@H]1CN(Cc2ccc(F)cc2)Cc2cn(C)nc21. The summed E-state index contributed by atoms with van der Waals surface area (Å²) in [6, 6.07) is 6.72. The number of rotatable bonds is 4. The van der Waals surface area contributed by atoms with Gasteiger partial charge in [0.05, 0.1) is 12.3 Å². The normalized spacial score (nSPS) is 18.7. The Bertz CT molecular complexity index is 608. The first kappa shape index (κ1) is 14.2. The van der Waals surface area contributed by atoms with E-state index in [1.54, 1.807) is 7.11 Å². The van der Waals surface area contributed by atoms with Crippen molar-refractivity contribution in [3.8, 4) is 0 Å². The van der Waals surface area contributed by atoms with Crippen molar-refractivity contribution in [1.82, 2.24) is 14.7 Å². The van der Waals surface area contributed by atoms with E-state index in [9.17, 15) is 4.39 Å². The molecule has 0 amide bonds. The number of ether oxygens (including phenoxy) is 1. The van der Waals surface area contributed by atoms with Crippen molar-refractivity contribution in [3.63, 3.8) is 0 Å². The van der Waals surface area contributed by atoms with Crippen LogP contribution in [0.1, 0.15) is 22.7 Å². The average Bonchev–Trinajstić information content (AvgIpc) is 2.82. The highest BCUT2D eigenvalue weighted by Gasteiger charge is 2.28. The van der Waals surface area contributed by atoms with Gasteiger partial charge < -0.3 is 4.74 Å². The summed E-state index contributed by atoms with van der Waals surface area (Å²) < 4.78 is 20.2. The molecular formula is C16H20FN3O. The van der Waals surface area contributed by atoms with Gasteiger partial charge in [-0.3, -0.25) is 9.58 Å². The van der Waals surface area contributed by atoms with Gasteiger partial charge in [0.25, 0.3) is 0 Å². The molecule has 112 valence electrons. The summed E-state index contributed by atoms with van der Waals surface area (Å²) in [6.07, 6.45) is 2.08. The maximum Gasteiger partial charge on any atom is 0.123 e. The Hall–Kier alpha value is -1.72. The lowest BCUT2D eigenvalue weighted by Crippen LogP contribution is -2.34. The molecule has 0 aliphatic carbocycles. The molecule has 0 fully saturated rings. The summed E-state index contributed by atoms with van der Waals surface area (Å²) >= 11 is 0. The van der Waals surface area contributed by atoms with E-state index >= 15 is 0 Å². The summed E-state index contributed by atoms with van der Waals surface area (Å²) in [7, 11) is 3.67. The Morgan fingerprint density at radius 2 is 2.10 bits per heavy atom. The zero-order chi connectivity index (χ0) is 14.8. The maximum absolute atomic E-state index is 13.0. The molecule has 0 bridgehead atoms. The molecule has 1 atom stereocenters. The molecule has 3 rings (SSSR count). The number of nitrogens with zero attached hydrogens (tertiary/aromatic N) is 3. The summed E-state index contributed by atoms with van der Waals surface area (Å²) in [6.45, 7) is 3.27. The Kier molecular flexibility index (Phi) is 4.03. The van der Waals surface area contributed by atoms with Gasteiger partial charge in [0.15, 0.2) is 0 Å². The Morgan fingerprint density at radius 1 is 1.33 bits per heavy atom. The van der Waals surface area contributed by atoms with Gasteiger partial charge in [-0.2, -0.15) is 5.10 Å². The third kappa shape index (κ3) is 3.14. The Balaban J connectivity index is 1.77. The van der Waals surface area contributed by atoms with Crippen molar-refractivity contribution in [3.05, 3.63) is 53.1 Å². The quantitative estimate of drug-likeness (QED) is 0.865. The van der Waals surface area contributed by atoms with E-state index in [2.05, 4.69) is 16.2 Å². The molecule has 5 heteroatoms. The molecule has 1 aromatic heterocycles. The molecule has 0 unspecified atom stereocenters. The van der Waals surface area contributed by atoms with Gasteiger partial charge in [0, 0.05) is 51.5 Å².